The van der Waals surface area contributed by atoms with E-state index >= 15 is 0 Å². The monoisotopic (exact) mass is 308 g/mol. The number of para-hydroxylation sites is 1. The van der Waals surface area contributed by atoms with Gasteiger partial charge in [0.05, 0.1) is 13.2 Å². The standard InChI is InChI=1S/C14H16N2O4S/c1-2-18-13(17)12-15-16-14(20-12)21-10-6-9-19-11-7-4-3-5-8-11/h3-5,7-8H,2,6,9-10H2,1H3. The number of ether oxygens (including phenoxy) is 2. The second-order valence-electron chi connectivity index (χ2n) is 3.96. The molecule has 0 saturated heterocycles. The molecule has 1 aromatic carbocycles. The summed E-state index contributed by atoms with van der Waals surface area (Å²) in [6.45, 7) is 2.60. The zero-order chi connectivity index (χ0) is 14.9. The van der Waals surface area contributed by atoms with Crippen molar-refractivity contribution in [3.05, 3.63) is 36.2 Å². The average molecular weight is 308 g/mol. The molecule has 0 radical (unpaired) electrons. The first kappa shape index (κ1) is 15.4. The van der Waals surface area contributed by atoms with E-state index in [2.05, 4.69) is 10.2 Å². The van der Waals surface area contributed by atoms with Crippen LogP contribution in [0.1, 0.15) is 24.0 Å². The van der Waals surface area contributed by atoms with Crippen LogP contribution in [0.15, 0.2) is 40.0 Å². The van der Waals surface area contributed by atoms with Crippen LogP contribution in [-0.2, 0) is 4.74 Å². The second-order valence-corrected chi connectivity index (χ2v) is 5.00. The third-order valence-corrected chi connectivity index (χ3v) is 3.29. The lowest BCUT2D eigenvalue weighted by Gasteiger charge is -2.04. The first-order chi connectivity index (χ1) is 10.3. The summed E-state index contributed by atoms with van der Waals surface area (Å²) >= 11 is 1.38. The number of rotatable bonds is 8. The molecule has 0 bridgehead atoms. The molecule has 0 aliphatic heterocycles. The predicted octanol–water partition coefficient (Wildman–Crippen LogP) is 2.81. The Morgan fingerprint density at radius 2 is 2.10 bits per heavy atom. The molecule has 0 aliphatic rings. The fraction of sp³-hybridized carbons (Fsp3) is 0.357. The SMILES string of the molecule is CCOC(=O)c1nnc(SCCCOc2ccccc2)o1. The van der Waals surface area contributed by atoms with Gasteiger partial charge in [0.15, 0.2) is 0 Å². The fourth-order valence-electron chi connectivity index (χ4n) is 1.47. The summed E-state index contributed by atoms with van der Waals surface area (Å²) in [7, 11) is 0. The van der Waals surface area contributed by atoms with Crippen molar-refractivity contribution in [2.24, 2.45) is 0 Å². The normalized spacial score (nSPS) is 10.3. The van der Waals surface area contributed by atoms with E-state index in [0.717, 1.165) is 17.9 Å². The van der Waals surface area contributed by atoms with E-state index in [1.54, 1.807) is 6.92 Å². The van der Waals surface area contributed by atoms with Crippen LogP contribution >= 0.6 is 11.8 Å². The van der Waals surface area contributed by atoms with Gasteiger partial charge in [0.2, 0.25) is 0 Å². The highest BCUT2D eigenvalue weighted by Crippen LogP contribution is 2.17. The summed E-state index contributed by atoms with van der Waals surface area (Å²) in [4.78, 5) is 11.3. The number of benzene rings is 1. The molecule has 112 valence electrons. The largest absolute Gasteiger partial charge is 0.494 e. The number of esters is 1. The van der Waals surface area contributed by atoms with Gasteiger partial charge >= 0.3 is 11.9 Å². The highest BCUT2D eigenvalue weighted by Gasteiger charge is 2.15. The summed E-state index contributed by atoms with van der Waals surface area (Å²) < 4.78 is 15.5. The van der Waals surface area contributed by atoms with Gasteiger partial charge in [-0.05, 0) is 25.5 Å². The third kappa shape index (κ3) is 5.11. The van der Waals surface area contributed by atoms with Crippen molar-refractivity contribution in [2.45, 2.75) is 18.6 Å². The van der Waals surface area contributed by atoms with Crippen LogP contribution in [0.4, 0.5) is 0 Å². The smallest absolute Gasteiger partial charge is 0.396 e. The summed E-state index contributed by atoms with van der Waals surface area (Å²) in [5.74, 6) is 0.908. The van der Waals surface area contributed by atoms with E-state index in [1.165, 1.54) is 11.8 Å². The Bertz CT molecular complexity index is 559. The molecule has 21 heavy (non-hydrogen) atoms. The molecule has 1 heterocycles. The minimum Gasteiger partial charge on any atom is -0.494 e. The van der Waals surface area contributed by atoms with Gasteiger partial charge in [-0.25, -0.2) is 4.79 Å². The Balaban J connectivity index is 1.66. The number of hydrogen-bond acceptors (Lipinski definition) is 7. The topological polar surface area (TPSA) is 74.5 Å². The quantitative estimate of drug-likeness (QED) is 0.421. The molecule has 7 heteroatoms. The Morgan fingerprint density at radius 3 is 2.86 bits per heavy atom. The highest BCUT2D eigenvalue weighted by atomic mass is 32.2. The molecule has 2 aromatic rings. The van der Waals surface area contributed by atoms with Crippen molar-refractivity contribution in [3.63, 3.8) is 0 Å². The number of nitrogens with zero attached hydrogens (tertiary/aromatic N) is 2. The van der Waals surface area contributed by atoms with E-state index in [4.69, 9.17) is 13.9 Å². The first-order valence-corrected chi connectivity index (χ1v) is 7.59. The summed E-state index contributed by atoms with van der Waals surface area (Å²) in [6, 6.07) is 9.63. The molecule has 6 nitrogen and oxygen atoms in total. The molecule has 0 unspecified atom stereocenters. The fourth-order valence-corrected chi connectivity index (χ4v) is 2.14. The molecule has 1 aromatic heterocycles. The van der Waals surface area contributed by atoms with Gasteiger partial charge in [0.25, 0.3) is 5.22 Å². The Hall–Kier alpha value is -2.02. The molecule has 2 rings (SSSR count). The van der Waals surface area contributed by atoms with Gasteiger partial charge in [-0.15, -0.1) is 5.10 Å². The third-order valence-electron chi connectivity index (χ3n) is 2.38. The van der Waals surface area contributed by atoms with Gasteiger partial charge in [-0.1, -0.05) is 35.1 Å². The second kappa shape index (κ2) is 8.31. The lowest BCUT2D eigenvalue weighted by molar-refractivity contribution is 0.0475. The maximum absolute atomic E-state index is 11.3. The van der Waals surface area contributed by atoms with Crippen LogP contribution in [0.25, 0.3) is 0 Å². The van der Waals surface area contributed by atoms with Crippen molar-refractivity contribution >= 4 is 17.7 Å². The highest BCUT2D eigenvalue weighted by molar-refractivity contribution is 7.99. The van der Waals surface area contributed by atoms with Crippen molar-refractivity contribution in [2.75, 3.05) is 19.0 Å². The Labute approximate surface area is 126 Å². The number of carbonyl (C=O) groups is 1. The van der Waals surface area contributed by atoms with Crippen LogP contribution in [0.3, 0.4) is 0 Å². The van der Waals surface area contributed by atoms with Crippen LogP contribution in [-0.4, -0.2) is 35.1 Å². The molecule has 0 fully saturated rings. The number of thioether (sulfide) groups is 1. The predicted molar refractivity (Wildman–Crippen MR) is 77.5 cm³/mol. The van der Waals surface area contributed by atoms with Gasteiger partial charge in [-0.3, -0.25) is 0 Å². The van der Waals surface area contributed by atoms with Crippen molar-refractivity contribution in [1.82, 2.24) is 10.2 Å². The molecule has 0 amide bonds. The van der Waals surface area contributed by atoms with E-state index in [9.17, 15) is 4.79 Å². The number of aromatic nitrogens is 2. The molecule has 0 N–H and O–H groups in total. The summed E-state index contributed by atoms with van der Waals surface area (Å²) in [5.41, 5.74) is 0. The van der Waals surface area contributed by atoms with E-state index < -0.39 is 5.97 Å². The minimum absolute atomic E-state index is 0.111. The van der Waals surface area contributed by atoms with Crippen molar-refractivity contribution in [3.8, 4) is 5.75 Å². The summed E-state index contributed by atoms with van der Waals surface area (Å²) in [5, 5.41) is 7.78. The molecular weight excluding hydrogens is 292 g/mol. The van der Waals surface area contributed by atoms with Crippen LogP contribution in [0.2, 0.25) is 0 Å². The van der Waals surface area contributed by atoms with Crippen molar-refractivity contribution in [1.29, 1.82) is 0 Å². The molecular formula is C14H16N2O4S. The van der Waals surface area contributed by atoms with Crippen LogP contribution in [0, 0.1) is 0 Å². The van der Waals surface area contributed by atoms with Gasteiger partial charge in [0.1, 0.15) is 5.75 Å². The van der Waals surface area contributed by atoms with E-state index in [0.29, 0.717) is 11.8 Å². The van der Waals surface area contributed by atoms with Crippen molar-refractivity contribution < 1.29 is 18.7 Å². The van der Waals surface area contributed by atoms with Crippen LogP contribution in [0.5, 0.6) is 5.75 Å². The number of hydrogen-bond donors (Lipinski definition) is 0. The maximum atomic E-state index is 11.3. The van der Waals surface area contributed by atoms with Gasteiger partial charge < -0.3 is 13.9 Å². The Morgan fingerprint density at radius 1 is 1.29 bits per heavy atom. The van der Waals surface area contributed by atoms with Gasteiger partial charge in [0, 0.05) is 5.75 Å². The molecule has 0 spiro atoms. The lowest BCUT2D eigenvalue weighted by atomic mass is 10.3. The Kier molecular flexibility index (Phi) is 6.08. The van der Waals surface area contributed by atoms with E-state index in [-0.39, 0.29) is 12.5 Å². The maximum Gasteiger partial charge on any atom is 0.396 e. The average Bonchev–Trinajstić information content (AvgIpc) is 2.97. The molecule has 0 saturated carbocycles. The van der Waals surface area contributed by atoms with Gasteiger partial charge in [-0.2, -0.15) is 0 Å². The summed E-state index contributed by atoms with van der Waals surface area (Å²) in [6.07, 6.45) is 0.830. The first-order valence-electron chi connectivity index (χ1n) is 6.61. The lowest BCUT2D eigenvalue weighted by Crippen LogP contribution is -2.04. The number of carbonyl (C=O) groups excluding carboxylic acids is 1. The van der Waals surface area contributed by atoms with Crippen LogP contribution < -0.4 is 4.74 Å². The molecule has 0 atom stereocenters. The molecule has 0 aliphatic carbocycles. The zero-order valence-electron chi connectivity index (χ0n) is 11.7. The zero-order valence-corrected chi connectivity index (χ0v) is 12.5. The van der Waals surface area contributed by atoms with E-state index in [1.807, 2.05) is 30.3 Å². The minimum atomic E-state index is -0.593.